The van der Waals surface area contributed by atoms with Gasteiger partial charge in [0.1, 0.15) is 5.69 Å². The summed E-state index contributed by atoms with van der Waals surface area (Å²) in [5.74, 6) is -0.436. The Kier molecular flexibility index (Phi) is 8.72. The van der Waals surface area contributed by atoms with Crippen molar-refractivity contribution in [2.24, 2.45) is 5.73 Å². The molecule has 0 spiro atoms. The van der Waals surface area contributed by atoms with E-state index in [1.807, 2.05) is 0 Å². The summed E-state index contributed by atoms with van der Waals surface area (Å²) in [6.45, 7) is 0.310. The molecule has 1 heterocycles. The molecule has 4 N–H and O–H groups in total. The van der Waals surface area contributed by atoms with Gasteiger partial charge in [-0.2, -0.15) is 0 Å². The number of nitro groups is 1. The predicted octanol–water partition coefficient (Wildman–Crippen LogP) is 0.683. The quantitative estimate of drug-likeness (QED) is 0.297. The van der Waals surface area contributed by atoms with Crippen LogP contribution in [0, 0.1) is 10.1 Å². The number of para-hydroxylation sites is 1. The zero-order valence-corrected chi connectivity index (χ0v) is 16.4. The molecule has 13 heteroatoms. The van der Waals surface area contributed by atoms with Crippen LogP contribution in [-0.2, 0) is 16.4 Å². The summed E-state index contributed by atoms with van der Waals surface area (Å²) in [4.78, 5) is 25.8. The molecule has 27 heavy (non-hydrogen) atoms. The number of carbonyl (C=O) groups is 1. The number of carbonyl (C=O) groups excluding carboxylic acids is 1. The molecular formula is C14H18ClN5O5S2. The fourth-order valence-corrected chi connectivity index (χ4v) is 4.01. The lowest BCUT2D eigenvalue weighted by Gasteiger charge is -2.07. The Morgan fingerprint density at radius 2 is 2.00 bits per heavy atom. The number of hydrogen-bond donors (Lipinski definition) is 3. The zero-order chi connectivity index (χ0) is 19.2. The SMILES string of the molecule is Cl.NCCc1nc(C(=O)NCCNS(=O)(=O)c2ccccc2[N+](=O)[O-])cs1. The molecule has 0 fully saturated rings. The van der Waals surface area contributed by atoms with Gasteiger partial charge in [-0.15, -0.1) is 23.7 Å². The van der Waals surface area contributed by atoms with E-state index in [0.29, 0.717) is 13.0 Å². The molecule has 148 valence electrons. The first-order valence-electron chi connectivity index (χ1n) is 7.51. The van der Waals surface area contributed by atoms with Gasteiger partial charge in [-0.1, -0.05) is 12.1 Å². The number of sulfonamides is 1. The first kappa shape index (κ1) is 22.9. The minimum Gasteiger partial charge on any atom is -0.349 e. The van der Waals surface area contributed by atoms with E-state index in [-0.39, 0.29) is 31.2 Å². The first-order chi connectivity index (χ1) is 12.3. The number of halogens is 1. The summed E-state index contributed by atoms with van der Waals surface area (Å²) < 4.78 is 26.6. The lowest BCUT2D eigenvalue weighted by Crippen LogP contribution is -2.35. The van der Waals surface area contributed by atoms with Crippen molar-refractivity contribution >= 4 is 45.4 Å². The van der Waals surface area contributed by atoms with Gasteiger partial charge in [0.25, 0.3) is 11.6 Å². The van der Waals surface area contributed by atoms with Crippen LogP contribution < -0.4 is 15.8 Å². The molecule has 2 rings (SSSR count). The van der Waals surface area contributed by atoms with Crippen molar-refractivity contribution in [1.29, 1.82) is 0 Å². The number of amides is 1. The van der Waals surface area contributed by atoms with Crippen LogP contribution >= 0.6 is 23.7 Å². The summed E-state index contributed by atoms with van der Waals surface area (Å²) in [7, 11) is -4.07. The fraction of sp³-hybridized carbons (Fsp3) is 0.286. The lowest BCUT2D eigenvalue weighted by atomic mass is 10.3. The van der Waals surface area contributed by atoms with Crippen molar-refractivity contribution < 1.29 is 18.1 Å². The first-order valence-corrected chi connectivity index (χ1v) is 9.87. The average molecular weight is 436 g/mol. The maximum Gasteiger partial charge on any atom is 0.289 e. The van der Waals surface area contributed by atoms with Gasteiger partial charge in [-0.05, 0) is 12.6 Å². The van der Waals surface area contributed by atoms with Gasteiger partial charge in [-0.3, -0.25) is 14.9 Å². The van der Waals surface area contributed by atoms with Crippen molar-refractivity contribution in [3.63, 3.8) is 0 Å². The van der Waals surface area contributed by atoms with Crippen LogP contribution in [0.4, 0.5) is 5.69 Å². The number of nitro benzene ring substituents is 1. The number of benzene rings is 1. The van der Waals surface area contributed by atoms with Gasteiger partial charge in [0.05, 0.1) is 9.93 Å². The number of nitrogens with one attached hydrogen (secondary N) is 2. The smallest absolute Gasteiger partial charge is 0.289 e. The topological polar surface area (TPSA) is 157 Å². The Hall–Kier alpha value is -2.12. The van der Waals surface area contributed by atoms with E-state index in [4.69, 9.17) is 5.73 Å². The van der Waals surface area contributed by atoms with Crippen molar-refractivity contribution in [3.8, 4) is 0 Å². The largest absolute Gasteiger partial charge is 0.349 e. The molecular weight excluding hydrogens is 418 g/mol. The summed E-state index contributed by atoms with van der Waals surface area (Å²) in [6.07, 6.45) is 0.577. The third-order valence-electron chi connectivity index (χ3n) is 3.20. The molecule has 1 amide bonds. The number of thiazole rings is 1. The standard InChI is InChI=1S/C14H17N5O5S2.ClH/c15-6-5-13-18-10(9-25-13)14(20)16-7-8-17-26(23,24)12-4-2-1-3-11(12)19(21)22;/h1-4,9,17H,5-8,15H2,(H,16,20);1H. The highest BCUT2D eigenvalue weighted by atomic mass is 35.5. The minimum atomic E-state index is -4.07. The molecule has 10 nitrogen and oxygen atoms in total. The highest BCUT2D eigenvalue weighted by Gasteiger charge is 2.24. The number of nitrogens with two attached hydrogens (primary N) is 1. The maximum atomic E-state index is 12.2. The molecule has 1 aromatic heterocycles. The maximum absolute atomic E-state index is 12.2. The van der Waals surface area contributed by atoms with Crippen LogP contribution in [0.15, 0.2) is 34.5 Å². The van der Waals surface area contributed by atoms with Crippen LogP contribution in [0.2, 0.25) is 0 Å². The van der Waals surface area contributed by atoms with E-state index in [9.17, 15) is 23.3 Å². The molecule has 0 radical (unpaired) electrons. The second-order valence-corrected chi connectivity index (χ2v) is 7.72. The van der Waals surface area contributed by atoms with Crippen LogP contribution in [0.1, 0.15) is 15.5 Å². The van der Waals surface area contributed by atoms with Gasteiger partial charge in [0.15, 0.2) is 4.90 Å². The molecule has 0 aliphatic rings. The van der Waals surface area contributed by atoms with Gasteiger partial charge in [0, 0.05) is 31.0 Å². The molecule has 0 saturated heterocycles. The van der Waals surface area contributed by atoms with E-state index in [1.54, 1.807) is 5.38 Å². The zero-order valence-electron chi connectivity index (χ0n) is 14.0. The molecule has 0 saturated carbocycles. The normalized spacial score (nSPS) is 10.9. The Labute approximate surface area is 165 Å². The summed E-state index contributed by atoms with van der Waals surface area (Å²) in [5.41, 5.74) is 5.14. The molecule has 0 bridgehead atoms. The van der Waals surface area contributed by atoms with Crippen molar-refractivity contribution in [1.82, 2.24) is 15.0 Å². The highest BCUT2D eigenvalue weighted by Crippen LogP contribution is 2.22. The number of aromatic nitrogens is 1. The Balaban J connectivity index is 0.00000364. The van der Waals surface area contributed by atoms with E-state index in [2.05, 4.69) is 15.0 Å². The highest BCUT2D eigenvalue weighted by molar-refractivity contribution is 7.89. The Morgan fingerprint density at radius 1 is 1.30 bits per heavy atom. The van der Waals surface area contributed by atoms with E-state index in [0.717, 1.165) is 17.1 Å². The molecule has 0 unspecified atom stereocenters. The van der Waals surface area contributed by atoms with Gasteiger partial charge in [-0.25, -0.2) is 18.1 Å². The van der Waals surface area contributed by atoms with E-state index >= 15 is 0 Å². The van der Waals surface area contributed by atoms with Crippen LogP contribution in [0.5, 0.6) is 0 Å². The molecule has 2 aromatic rings. The Morgan fingerprint density at radius 3 is 2.67 bits per heavy atom. The third-order valence-corrected chi connectivity index (χ3v) is 5.61. The van der Waals surface area contributed by atoms with E-state index in [1.165, 1.54) is 23.5 Å². The third kappa shape index (κ3) is 6.22. The van der Waals surface area contributed by atoms with Crippen LogP contribution in [0.3, 0.4) is 0 Å². The molecule has 1 aromatic carbocycles. The van der Waals surface area contributed by atoms with Crippen molar-refractivity contribution in [3.05, 3.63) is 50.5 Å². The molecule has 0 aliphatic heterocycles. The second-order valence-electron chi connectivity index (χ2n) is 5.04. The average Bonchev–Trinajstić information content (AvgIpc) is 3.07. The van der Waals surface area contributed by atoms with Gasteiger partial charge < -0.3 is 11.1 Å². The van der Waals surface area contributed by atoms with Crippen LogP contribution in [-0.4, -0.2) is 43.9 Å². The van der Waals surface area contributed by atoms with Crippen molar-refractivity contribution in [2.45, 2.75) is 11.3 Å². The summed E-state index contributed by atoms with van der Waals surface area (Å²) in [6, 6.07) is 5.03. The summed E-state index contributed by atoms with van der Waals surface area (Å²) >= 11 is 1.32. The number of rotatable bonds is 9. The fourth-order valence-electron chi connectivity index (χ4n) is 2.02. The van der Waals surface area contributed by atoms with Crippen LogP contribution in [0.25, 0.3) is 0 Å². The molecule has 0 atom stereocenters. The predicted molar refractivity (Wildman–Crippen MR) is 103 cm³/mol. The minimum absolute atomic E-state index is 0. The van der Waals surface area contributed by atoms with Crippen molar-refractivity contribution in [2.75, 3.05) is 19.6 Å². The second kappa shape index (κ2) is 10.3. The van der Waals surface area contributed by atoms with Gasteiger partial charge in [0.2, 0.25) is 10.0 Å². The number of nitrogens with zero attached hydrogens (tertiary/aromatic N) is 2. The monoisotopic (exact) mass is 435 g/mol. The number of hydrogen-bond acceptors (Lipinski definition) is 8. The Bertz CT molecular complexity index is 903. The van der Waals surface area contributed by atoms with E-state index < -0.39 is 31.4 Å². The molecule has 0 aliphatic carbocycles. The lowest BCUT2D eigenvalue weighted by molar-refractivity contribution is -0.387. The summed E-state index contributed by atoms with van der Waals surface area (Å²) in [5, 5.41) is 15.8. The van der Waals surface area contributed by atoms with Gasteiger partial charge >= 0.3 is 0 Å².